The van der Waals surface area contributed by atoms with Gasteiger partial charge in [0.2, 0.25) is 10.0 Å². The van der Waals surface area contributed by atoms with E-state index in [0.29, 0.717) is 15.7 Å². The van der Waals surface area contributed by atoms with Crippen molar-refractivity contribution in [1.82, 2.24) is 5.32 Å². The average molecular weight is 425 g/mol. The van der Waals surface area contributed by atoms with Crippen LogP contribution in [0.15, 0.2) is 36.4 Å². The number of hydrogen-bond acceptors (Lipinski definition) is 3. The summed E-state index contributed by atoms with van der Waals surface area (Å²) in [5, 5.41) is 4.22. The lowest BCUT2D eigenvalue weighted by Gasteiger charge is -2.32. The highest BCUT2D eigenvalue weighted by molar-refractivity contribution is 7.93. The number of anilines is 1. The third-order valence-electron chi connectivity index (χ3n) is 5.50. The SMILES string of the molecule is CNC1CCC(c2ccc(Cl)c(Cl)c2)c2ccc(NS(=O)(=O)C3CC3)cc21. The fourth-order valence-electron chi connectivity index (χ4n) is 3.90. The molecule has 0 radical (unpaired) electrons. The van der Waals surface area contributed by atoms with Crippen LogP contribution in [0.4, 0.5) is 5.69 Å². The highest BCUT2D eigenvalue weighted by atomic mass is 35.5. The predicted molar refractivity (Wildman–Crippen MR) is 111 cm³/mol. The average Bonchev–Trinajstić information content (AvgIpc) is 3.48. The summed E-state index contributed by atoms with van der Waals surface area (Å²) in [6.45, 7) is 0. The Balaban J connectivity index is 1.70. The van der Waals surface area contributed by atoms with Crippen molar-refractivity contribution in [2.24, 2.45) is 0 Å². The molecule has 4 rings (SSSR count). The van der Waals surface area contributed by atoms with E-state index in [-0.39, 0.29) is 17.2 Å². The van der Waals surface area contributed by atoms with Gasteiger partial charge in [-0.1, -0.05) is 35.3 Å². The Morgan fingerprint density at radius 2 is 1.70 bits per heavy atom. The number of rotatable bonds is 5. The van der Waals surface area contributed by atoms with Gasteiger partial charge < -0.3 is 5.32 Å². The molecule has 2 N–H and O–H groups in total. The summed E-state index contributed by atoms with van der Waals surface area (Å²) in [6.07, 6.45) is 3.45. The van der Waals surface area contributed by atoms with Gasteiger partial charge in [0.25, 0.3) is 0 Å². The lowest BCUT2D eigenvalue weighted by molar-refractivity contribution is 0.471. The molecule has 2 aliphatic carbocycles. The zero-order valence-corrected chi connectivity index (χ0v) is 17.3. The molecule has 2 aliphatic rings. The molecular formula is C20H22Cl2N2O2S. The van der Waals surface area contributed by atoms with Crippen LogP contribution in [-0.4, -0.2) is 20.7 Å². The van der Waals surface area contributed by atoms with Crippen LogP contribution in [0.3, 0.4) is 0 Å². The molecule has 0 heterocycles. The highest BCUT2D eigenvalue weighted by Gasteiger charge is 2.36. The first-order valence-electron chi connectivity index (χ1n) is 9.16. The van der Waals surface area contributed by atoms with Crippen LogP contribution in [0.2, 0.25) is 10.0 Å². The van der Waals surface area contributed by atoms with Gasteiger partial charge in [-0.05, 0) is 73.7 Å². The molecule has 2 aromatic rings. The Morgan fingerprint density at radius 3 is 2.37 bits per heavy atom. The standard InChI is InChI=1S/C20H22Cl2N2O2S/c1-23-20-9-7-15(12-2-8-18(21)19(22)10-12)16-6-3-13(11-17(16)20)24-27(25,26)14-4-5-14/h2-3,6,8,10-11,14-15,20,23-24H,4-5,7,9H2,1H3. The smallest absolute Gasteiger partial charge is 0.235 e. The molecule has 7 heteroatoms. The van der Waals surface area contributed by atoms with E-state index < -0.39 is 10.0 Å². The number of halogens is 2. The fourth-order valence-corrected chi connectivity index (χ4v) is 5.59. The minimum absolute atomic E-state index is 0.199. The molecule has 2 aromatic carbocycles. The molecule has 0 bridgehead atoms. The maximum atomic E-state index is 12.3. The Hall–Kier alpha value is -1.27. The van der Waals surface area contributed by atoms with Crippen LogP contribution in [0.5, 0.6) is 0 Å². The number of benzene rings is 2. The molecule has 0 aromatic heterocycles. The first-order chi connectivity index (χ1) is 12.9. The van der Waals surface area contributed by atoms with E-state index in [1.54, 1.807) is 0 Å². The largest absolute Gasteiger partial charge is 0.313 e. The first kappa shape index (κ1) is 19.1. The Morgan fingerprint density at radius 1 is 0.926 bits per heavy atom. The molecule has 1 fully saturated rings. The van der Waals surface area contributed by atoms with E-state index in [0.717, 1.165) is 36.8 Å². The zero-order chi connectivity index (χ0) is 19.2. The van der Waals surface area contributed by atoms with Crippen LogP contribution in [0.25, 0.3) is 0 Å². The van der Waals surface area contributed by atoms with Crippen LogP contribution in [0.1, 0.15) is 54.3 Å². The summed E-state index contributed by atoms with van der Waals surface area (Å²) in [6, 6.07) is 11.9. The van der Waals surface area contributed by atoms with Gasteiger partial charge in [-0.2, -0.15) is 0 Å². The quantitative estimate of drug-likeness (QED) is 0.702. The second kappa shape index (κ2) is 7.28. The summed E-state index contributed by atoms with van der Waals surface area (Å²) >= 11 is 12.3. The van der Waals surface area contributed by atoms with Crippen LogP contribution >= 0.6 is 23.2 Å². The first-order valence-corrected chi connectivity index (χ1v) is 11.5. The van der Waals surface area contributed by atoms with Gasteiger partial charge >= 0.3 is 0 Å². The number of nitrogens with one attached hydrogen (secondary N) is 2. The Bertz CT molecular complexity index is 974. The summed E-state index contributed by atoms with van der Waals surface area (Å²) < 4.78 is 27.3. The Labute approximate surface area is 170 Å². The third kappa shape index (κ3) is 3.83. The molecular weight excluding hydrogens is 403 g/mol. The van der Waals surface area contributed by atoms with Crippen molar-refractivity contribution in [3.05, 3.63) is 63.1 Å². The van der Waals surface area contributed by atoms with Crippen LogP contribution < -0.4 is 10.0 Å². The van der Waals surface area contributed by atoms with Gasteiger partial charge in [0, 0.05) is 17.6 Å². The van der Waals surface area contributed by atoms with E-state index in [9.17, 15) is 8.42 Å². The molecule has 144 valence electrons. The third-order valence-corrected chi connectivity index (χ3v) is 8.11. The number of fused-ring (bicyclic) bond motifs is 1. The normalized spacial score (nSPS) is 22.3. The van der Waals surface area contributed by atoms with Crippen molar-refractivity contribution in [3.8, 4) is 0 Å². The van der Waals surface area contributed by atoms with Crippen LogP contribution in [-0.2, 0) is 10.0 Å². The molecule has 0 spiro atoms. The van der Waals surface area contributed by atoms with Gasteiger partial charge in [0.1, 0.15) is 0 Å². The van der Waals surface area contributed by atoms with Crippen molar-refractivity contribution >= 4 is 38.9 Å². The minimum Gasteiger partial charge on any atom is -0.313 e. The topological polar surface area (TPSA) is 58.2 Å². The molecule has 0 aliphatic heterocycles. The van der Waals surface area contributed by atoms with E-state index in [2.05, 4.69) is 10.0 Å². The van der Waals surface area contributed by atoms with E-state index in [4.69, 9.17) is 23.2 Å². The van der Waals surface area contributed by atoms with E-state index in [1.807, 2.05) is 43.4 Å². The zero-order valence-electron chi connectivity index (χ0n) is 15.0. The van der Waals surface area contributed by atoms with Gasteiger partial charge in [-0.25, -0.2) is 8.42 Å². The van der Waals surface area contributed by atoms with Gasteiger partial charge in [-0.3, -0.25) is 4.72 Å². The monoisotopic (exact) mass is 424 g/mol. The second-order valence-corrected chi connectivity index (χ2v) is 10.1. The Kier molecular flexibility index (Phi) is 5.14. The van der Waals surface area contributed by atoms with Gasteiger partial charge in [0.05, 0.1) is 15.3 Å². The lowest BCUT2D eigenvalue weighted by atomic mass is 9.76. The molecule has 27 heavy (non-hydrogen) atoms. The summed E-state index contributed by atoms with van der Waals surface area (Å²) in [5.74, 6) is 0.216. The minimum atomic E-state index is -3.27. The van der Waals surface area contributed by atoms with Gasteiger partial charge in [0.15, 0.2) is 0 Å². The van der Waals surface area contributed by atoms with Crippen molar-refractivity contribution in [2.75, 3.05) is 11.8 Å². The molecule has 0 saturated heterocycles. The van der Waals surface area contributed by atoms with Gasteiger partial charge in [-0.15, -0.1) is 0 Å². The summed E-state index contributed by atoms with van der Waals surface area (Å²) in [4.78, 5) is 0. The highest BCUT2D eigenvalue weighted by Crippen LogP contribution is 2.43. The second-order valence-electron chi connectivity index (χ2n) is 7.33. The van der Waals surface area contributed by atoms with Crippen LogP contribution in [0, 0.1) is 0 Å². The molecule has 4 nitrogen and oxygen atoms in total. The van der Waals surface area contributed by atoms with E-state index >= 15 is 0 Å². The maximum absolute atomic E-state index is 12.3. The fraction of sp³-hybridized carbons (Fsp3) is 0.400. The molecule has 0 amide bonds. The van der Waals surface area contributed by atoms with Crippen molar-refractivity contribution in [3.63, 3.8) is 0 Å². The van der Waals surface area contributed by atoms with Crippen molar-refractivity contribution < 1.29 is 8.42 Å². The number of hydrogen-bond donors (Lipinski definition) is 2. The van der Waals surface area contributed by atoms with E-state index in [1.165, 1.54) is 5.56 Å². The summed E-state index contributed by atoms with van der Waals surface area (Å²) in [5.41, 5.74) is 4.10. The van der Waals surface area contributed by atoms with Crippen molar-refractivity contribution in [1.29, 1.82) is 0 Å². The summed E-state index contributed by atoms with van der Waals surface area (Å²) in [7, 11) is -1.33. The molecule has 2 unspecified atom stereocenters. The number of sulfonamides is 1. The molecule has 2 atom stereocenters. The lowest BCUT2D eigenvalue weighted by Crippen LogP contribution is -2.25. The van der Waals surface area contributed by atoms with Crippen molar-refractivity contribution in [2.45, 2.75) is 42.9 Å². The maximum Gasteiger partial charge on any atom is 0.235 e. The molecule has 1 saturated carbocycles. The predicted octanol–water partition coefficient (Wildman–Crippen LogP) is 5.08.